The van der Waals surface area contributed by atoms with Crippen LogP contribution < -0.4 is 5.56 Å². The number of hydrogen-bond acceptors (Lipinski definition) is 5. The number of amides is 1. The molecule has 0 radical (unpaired) electrons. The van der Waals surface area contributed by atoms with Crippen LogP contribution in [0.25, 0.3) is 11.2 Å². The third-order valence-corrected chi connectivity index (χ3v) is 7.11. The molecule has 0 bridgehead atoms. The first-order valence-corrected chi connectivity index (χ1v) is 11.8. The molecule has 3 heterocycles. The van der Waals surface area contributed by atoms with Gasteiger partial charge in [0.1, 0.15) is 5.82 Å². The minimum absolute atomic E-state index is 0.00273. The summed E-state index contributed by atoms with van der Waals surface area (Å²) in [6.45, 7) is 1.75. The lowest BCUT2D eigenvalue weighted by Crippen LogP contribution is -2.43. The second-order valence-corrected chi connectivity index (χ2v) is 9.33. The molecule has 3 aromatic rings. The van der Waals surface area contributed by atoms with Crippen LogP contribution in [0.3, 0.4) is 0 Å². The Labute approximate surface area is 191 Å². The van der Waals surface area contributed by atoms with Gasteiger partial charge in [0.2, 0.25) is 5.91 Å². The van der Waals surface area contributed by atoms with E-state index in [1.165, 1.54) is 6.42 Å². The Morgan fingerprint density at radius 2 is 1.94 bits per heavy atom. The van der Waals surface area contributed by atoms with Crippen molar-refractivity contribution in [3.63, 3.8) is 0 Å². The van der Waals surface area contributed by atoms with Gasteiger partial charge in [0.15, 0.2) is 11.2 Å². The van der Waals surface area contributed by atoms with Crippen molar-refractivity contribution in [1.29, 1.82) is 0 Å². The molecule has 2 fully saturated rings. The monoisotopic (exact) mass is 454 g/mol. The van der Waals surface area contributed by atoms with Gasteiger partial charge >= 0.3 is 0 Å². The Hall–Kier alpha value is -2.74. The van der Waals surface area contributed by atoms with E-state index in [9.17, 15) is 9.59 Å². The number of nitrogens with one attached hydrogen (secondary N) is 1. The van der Waals surface area contributed by atoms with E-state index in [0.29, 0.717) is 29.6 Å². The molecule has 8 nitrogen and oxygen atoms in total. The Morgan fingerprint density at radius 1 is 1.12 bits per heavy atom. The van der Waals surface area contributed by atoms with Crippen molar-refractivity contribution in [3.8, 4) is 0 Å². The van der Waals surface area contributed by atoms with Crippen LogP contribution >= 0.6 is 11.6 Å². The predicted molar refractivity (Wildman–Crippen MR) is 122 cm³/mol. The molecule has 1 amide bonds. The van der Waals surface area contributed by atoms with Crippen LogP contribution in [0, 0.1) is 5.92 Å². The number of carbonyl (C=O) groups excluding carboxylic acids is 1. The number of nitrogens with zero attached hydrogens (tertiary/aromatic N) is 5. The smallest absolute Gasteiger partial charge is 0.281 e. The highest BCUT2D eigenvalue weighted by atomic mass is 35.5. The molecule has 2 aromatic heterocycles. The lowest BCUT2D eigenvalue weighted by atomic mass is 9.87. The summed E-state index contributed by atoms with van der Waals surface area (Å²) in [5, 5.41) is 8.81. The third kappa shape index (κ3) is 4.16. The van der Waals surface area contributed by atoms with Crippen molar-refractivity contribution in [3.05, 3.63) is 51.0 Å². The number of benzene rings is 1. The average Bonchev–Trinajstić information content (AvgIpc) is 3.24. The van der Waals surface area contributed by atoms with E-state index in [1.54, 1.807) is 4.68 Å². The molecule has 1 saturated carbocycles. The molecule has 1 N–H and O–H groups in total. The standard InChI is InChI=1S/C23H27ClN6O2/c24-18-11-5-4-9-16(18)14-30-21-19(27-28-30)22(31)26-20(25-21)17-10-6-12-29(13-17)23(32)15-7-2-1-3-8-15/h4-5,9,11,15,17H,1-3,6-8,10,12-14H2,(H,25,26,31)/t17-/m0/s1. The second-order valence-electron chi connectivity index (χ2n) is 8.92. The molecule has 0 spiro atoms. The lowest BCUT2D eigenvalue weighted by Gasteiger charge is -2.35. The quantitative estimate of drug-likeness (QED) is 0.650. The largest absolute Gasteiger partial charge is 0.342 e. The molecule has 1 aliphatic carbocycles. The van der Waals surface area contributed by atoms with Crippen LogP contribution in [0.4, 0.5) is 0 Å². The first kappa shape index (κ1) is 21.1. The summed E-state index contributed by atoms with van der Waals surface area (Å²) >= 11 is 6.30. The van der Waals surface area contributed by atoms with Gasteiger partial charge in [-0.3, -0.25) is 9.59 Å². The second kappa shape index (κ2) is 9.02. The van der Waals surface area contributed by atoms with Gasteiger partial charge in [0.25, 0.3) is 5.56 Å². The number of halogens is 1. The van der Waals surface area contributed by atoms with Gasteiger partial charge < -0.3 is 9.88 Å². The summed E-state index contributed by atoms with van der Waals surface area (Å²) in [4.78, 5) is 35.4. The summed E-state index contributed by atoms with van der Waals surface area (Å²) < 4.78 is 1.61. The topological polar surface area (TPSA) is 96.8 Å². The maximum absolute atomic E-state index is 13.1. The van der Waals surface area contributed by atoms with Crippen molar-refractivity contribution in [2.45, 2.75) is 57.4 Å². The van der Waals surface area contributed by atoms with Gasteiger partial charge in [0, 0.05) is 29.9 Å². The zero-order chi connectivity index (χ0) is 22.1. The number of carbonyl (C=O) groups is 1. The number of aromatic amines is 1. The highest BCUT2D eigenvalue weighted by Gasteiger charge is 2.31. The van der Waals surface area contributed by atoms with E-state index in [1.807, 2.05) is 29.2 Å². The van der Waals surface area contributed by atoms with Gasteiger partial charge in [-0.05, 0) is 37.3 Å². The van der Waals surface area contributed by atoms with E-state index in [4.69, 9.17) is 16.6 Å². The van der Waals surface area contributed by atoms with Crippen LogP contribution in [0.1, 0.15) is 62.3 Å². The number of likely N-dealkylation sites (tertiary alicyclic amines) is 1. The zero-order valence-corrected chi connectivity index (χ0v) is 18.7. The number of H-pyrrole nitrogens is 1. The van der Waals surface area contributed by atoms with Crippen LogP contribution in [-0.4, -0.2) is 48.9 Å². The van der Waals surface area contributed by atoms with Crippen LogP contribution in [0.2, 0.25) is 5.02 Å². The first-order valence-electron chi connectivity index (χ1n) is 11.5. The Balaban J connectivity index is 1.40. The van der Waals surface area contributed by atoms with E-state index >= 15 is 0 Å². The van der Waals surface area contributed by atoms with Crippen molar-refractivity contribution in [2.75, 3.05) is 13.1 Å². The summed E-state index contributed by atoms with van der Waals surface area (Å²) in [5.41, 5.74) is 1.24. The molecule has 1 saturated heterocycles. The van der Waals surface area contributed by atoms with E-state index in [2.05, 4.69) is 15.3 Å². The molecule has 9 heteroatoms. The van der Waals surface area contributed by atoms with Gasteiger partial charge in [-0.15, -0.1) is 5.10 Å². The number of aromatic nitrogens is 5. The Bertz CT molecular complexity index is 1180. The van der Waals surface area contributed by atoms with Gasteiger partial charge in [0.05, 0.1) is 6.54 Å². The molecule has 0 unspecified atom stereocenters. The fraction of sp³-hybridized carbons (Fsp3) is 0.522. The highest BCUT2D eigenvalue weighted by molar-refractivity contribution is 6.31. The first-order chi connectivity index (χ1) is 15.6. The SMILES string of the molecule is O=C(C1CCCCC1)N1CCC[C@H](c2nc3c(nnn3Cc3ccccc3Cl)c(=O)[nH]2)C1. The molecule has 2 aliphatic rings. The van der Waals surface area contributed by atoms with E-state index in [-0.39, 0.29) is 28.8 Å². The maximum Gasteiger partial charge on any atom is 0.281 e. The van der Waals surface area contributed by atoms with Crippen LogP contribution in [0.5, 0.6) is 0 Å². The molecular formula is C23H27ClN6O2. The van der Waals surface area contributed by atoms with Crippen LogP contribution in [-0.2, 0) is 11.3 Å². The molecule has 1 atom stereocenters. The van der Waals surface area contributed by atoms with Crippen molar-refractivity contribution < 1.29 is 4.79 Å². The molecule has 5 rings (SSSR count). The van der Waals surface area contributed by atoms with Crippen molar-refractivity contribution >= 4 is 28.7 Å². The maximum atomic E-state index is 13.1. The lowest BCUT2D eigenvalue weighted by molar-refractivity contribution is -0.137. The van der Waals surface area contributed by atoms with Gasteiger partial charge in [-0.25, -0.2) is 9.67 Å². The molecule has 1 aromatic carbocycles. The molecule has 32 heavy (non-hydrogen) atoms. The number of piperidine rings is 1. The normalized spacial score (nSPS) is 20.0. The average molecular weight is 455 g/mol. The van der Waals surface area contributed by atoms with E-state index < -0.39 is 0 Å². The minimum atomic E-state index is -0.300. The van der Waals surface area contributed by atoms with Crippen molar-refractivity contribution in [1.82, 2.24) is 29.9 Å². The summed E-state index contributed by atoms with van der Waals surface area (Å²) in [7, 11) is 0. The van der Waals surface area contributed by atoms with Crippen LogP contribution in [0.15, 0.2) is 29.1 Å². The fourth-order valence-corrected chi connectivity index (χ4v) is 5.17. The summed E-state index contributed by atoms with van der Waals surface area (Å²) in [5.74, 6) is 1.02. The molecule has 1 aliphatic heterocycles. The summed E-state index contributed by atoms with van der Waals surface area (Å²) in [6, 6.07) is 7.52. The van der Waals surface area contributed by atoms with Gasteiger partial charge in [-0.1, -0.05) is 54.3 Å². The Morgan fingerprint density at radius 3 is 2.75 bits per heavy atom. The summed E-state index contributed by atoms with van der Waals surface area (Å²) in [6.07, 6.45) is 7.29. The van der Waals surface area contributed by atoms with Gasteiger partial charge in [-0.2, -0.15) is 0 Å². The highest BCUT2D eigenvalue weighted by Crippen LogP contribution is 2.30. The minimum Gasteiger partial charge on any atom is -0.342 e. The Kier molecular flexibility index (Phi) is 5.95. The zero-order valence-electron chi connectivity index (χ0n) is 18.0. The van der Waals surface area contributed by atoms with Crippen molar-refractivity contribution in [2.24, 2.45) is 5.92 Å². The molecule has 168 valence electrons. The predicted octanol–water partition coefficient (Wildman–Crippen LogP) is 3.50. The third-order valence-electron chi connectivity index (χ3n) is 6.74. The fourth-order valence-electron chi connectivity index (χ4n) is 4.98. The molecular weight excluding hydrogens is 428 g/mol. The number of hydrogen-bond donors (Lipinski definition) is 1. The van der Waals surface area contributed by atoms with E-state index in [0.717, 1.165) is 50.6 Å². The number of rotatable bonds is 4. The number of fused-ring (bicyclic) bond motifs is 1.